The maximum atomic E-state index is 12.2. The lowest BCUT2D eigenvalue weighted by Crippen LogP contribution is -2.45. The molecule has 1 atom stereocenters. The Morgan fingerprint density at radius 1 is 1.16 bits per heavy atom. The molecule has 0 fully saturated rings. The van der Waals surface area contributed by atoms with Gasteiger partial charge in [0.05, 0.1) is 16.5 Å². The van der Waals surface area contributed by atoms with Gasteiger partial charge in [-0.1, -0.05) is 35.3 Å². The number of nitrogens with one attached hydrogen (secondary N) is 3. The molecule has 0 spiro atoms. The summed E-state index contributed by atoms with van der Waals surface area (Å²) >= 11 is 11.8. The van der Waals surface area contributed by atoms with Crippen LogP contribution in [0.4, 0.5) is 0 Å². The molecule has 0 aromatic heterocycles. The van der Waals surface area contributed by atoms with E-state index in [2.05, 4.69) is 20.6 Å². The van der Waals surface area contributed by atoms with Crippen LogP contribution in [0.3, 0.4) is 0 Å². The summed E-state index contributed by atoms with van der Waals surface area (Å²) < 4.78 is 32.0. The minimum absolute atomic E-state index is 0.0765. The Hall–Kier alpha value is -2.82. The maximum absolute atomic E-state index is 12.2. The SMILES string of the molecule is CC(N=C1NS(=O)(=O)c2ccccc21)C(=O)NNC(=O)CCCOc1ccc(Cl)cc1Cl. The minimum Gasteiger partial charge on any atom is -0.492 e. The average molecular weight is 499 g/mol. The van der Waals surface area contributed by atoms with Gasteiger partial charge in [0, 0.05) is 17.0 Å². The Morgan fingerprint density at radius 3 is 2.66 bits per heavy atom. The van der Waals surface area contributed by atoms with Gasteiger partial charge in [-0.05, 0) is 43.7 Å². The molecular weight excluding hydrogens is 479 g/mol. The van der Waals surface area contributed by atoms with Crippen LogP contribution in [-0.2, 0) is 19.6 Å². The summed E-state index contributed by atoms with van der Waals surface area (Å²) in [5.41, 5.74) is 4.96. The molecule has 0 saturated carbocycles. The van der Waals surface area contributed by atoms with Gasteiger partial charge in [-0.3, -0.25) is 30.2 Å². The zero-order valence-corrected chi connectivity index (χ0v) is 19.2. The third kappa shape index (κ3) is 5.90. The molecule has 1 unspecified atom stereocenters. The topological polar surface area (TPSA) is 126 Å². The van der Waals surface area contributed by atoms with E-state index in [-0.39, 0.29) is 23.8 Å². The highest BCUT2D eigenvalue weighted by molar-refractivity contribution is 7.90. The number of aliphatic imine (C=N–C) groups is 1. The highest BCUT2D eigenvalue weighted by Gasteiger charge is 2.31. The lowest BCUT2D eigenvalue weighted by atomic mass is 10.2. The summed E-state index contributed by atoms with van der Waals surface area (Å²) in [6.07, 6.45) is 0.485. The summed E-state index contributed by atoms with van der Waals surface area (Å²) in [5, 5.41) is 0.864. The lowest BCUT2D eigenvalue weighted by Gasteiger charge is -2.11. The van der Waals surface area contributed by atoms with Crippen LogP contribution in [0.2, 0.25) is 10.0 Å². The maximum Gasteiger partial charge on any atom is 0.263 e. The molecule has 12 heteroatoms. The number of hydrogen-bond donors (Lipinski definition) is 3. The Balaban J connectivity index is 1.44. The summed E-state index contributed by atoms with van der Waals surface area (Å²) in [6, 6.07) is 10.2. The van der Waals surface area contributed by atoms with E-state index in [1.165, 1.54) is 13.0 Å². The summed E-state index contributed by atoms with van der Waals surface area (Å²) in [4.78, 5) is 28.4. The molecule has 170 valence electrons. The third-order valence-electron chi connectivity index (χ3n) is 4.39. The first-order valence-electron chi connectivity index (χ1n) is 9.54. The van der Waals surface area contributed by atoms with Gasteiger partial charge in [-0.25, -0.2) is 8.42 Å². The van der Waals surface area contributed by atoms with Crippen LogP contribution in [0.15, 0.2) is 52.4 Å². The van der Waals surface area contributed by atoms with Crippen LogP contribution in [0, 0.1) is 0 Å². The number of ether oxygens (including phenoxy) is 1. The number of fused-ring (bicyclic) bond motifs is 1. The molecule has 32 heavy (non-hydrogen) atoms. The molecule has 3 rings (SSSR count). The van der Waals surface area contributed by atoms with Gasteiger partial charge in [-0.15, -0.1) is 0 Å². The lowest BCUT2D eigenvalue weighted by molar-refractivity contribution is -0.129. The number of hydrogen-bond acceptors (Lipinski definition) is 6. The minimum atomic E-state index is -3.70. The van der Waals surface area contributed by atoms with Crippen LogP contribution in [0.5, 0.6) is 5.75 Å². The Morgan fingerprint density at radius 2 is 1.91 bits per heavy atom. The predicted octanol–water partition coefficient (Wildman–Crippen LogP) is 2.43. The van der Waals surface area contributed by atoms with E-state index in [4.69, 9.17) is 27.9 Å². The van der Waals surface area contributed by atoms with E-state index in [1.54, 1.807) is 36.4 Å². The fourth-order valence-electron chi connectivity index (χ4n) is 2.79. The number of sulfonamides is 1. The second kappa shape index (κ2) is 10.2. The van der Waals surface area contributed by atoms with Crippen LogP contribution in [-0.4, -0.2) is 38.7 Å². The third-order valence-corrected chi connectivity index (χ3v) is 6.32. The Labute approximate surface area is 195 Å². The molecule has 1 heterocycles. The number of rotatable bonds is 7. The molecule has 1 aliphatic heterocycles. The quantitative estimate of drug-likeness (QED) is 0.399. The zero-order chi connectivity index (χ0) is 23.3. The molecule has 2 amide bonds. The van der Waals surface area contributed by atoms with E-state index < -0.39 is 27.9 Å². The number of hydrazine groups is 1. The number of carbonyl (C=O) groups excluding carboxylic acids is 2. The average Bonchev–Trinajstić information content (AvgIpc) is 3.00. The van der Waals surface area contributed by atoms with Crippen molar-refractivity contribution in [3.05, 3.63) is 58.1 Å². The number of halogens is 2. The van der Waals surface area contributed by atoms with Crippen molar-refractivity contribution in [3.63, 3.8) is 0 Å². The van der Waals surface area contributed by atoms with Crippen molar-refractivity contribution >= 4 is 50.9 Å². The van der Waals surface area contributed by atoms with Crippen molar-refractivity contribution in [2.45, 2.75) is 30.7 Å². The first-order valence-corrected chi connectivity index (χ1v) is 11.8. The molecule has 2 aromatic carbocycles. The highest BCUT2D eigenvalue weighted by atomic mass is 35.5. The van der Waals surface area contributed by atoms with Gasteiger partial charge >= 0.3 is 0 Å². The molecule has 0 radical (unpaired) electrons. The molecular formula is C20H20Cl2N4O5S. The summed E-state index contributed by atoms with van der Waals surface area (Å²) in [6.45, 7) is 1.72. The monoisotopic (exact) mass is 498 g/mol. The Kier molecular flexibility index (Phi) is 7.60. The molecule has 2 aromatic rings. The fraction of sp³-hybridized carbons (Fsp3) is 0.250. The van der Waals surface area contributed by atoms with Gasteiger partial charge in [0.2, 0.25) is 5.91 Å². The van der Waals surface area contributed by atoms with Gasteiger partial charge in [0.1, 0.15) is 17.6 Å². The first kappa shape index (κ1) is 23.8. The van der Waals surface area contributed by atoms with Gasteiger partial charge in [0.25, 0.3) is 15.9 Å². The predicted molar refractivity (Wildman–Crippen MR) is 120 cm³/mol. The van der Waals surface area contributed by atoms with Crippen LogP contribution in [0.1, 0.15) is 25.3 Å². The van der Waals surface area contributed by atoms with E-state index >= 15 is 0 Å². The normalized spacial score (nSPS) is 16.0. The standard InChI is InChI=1S/C20H20Cl2N4O5S/c1-12(23-19-14-5-2-3-6-17(14)32(29,30)26-19)20(28)25-24-18(27)7-4-10-31-16-9-8-13(21)11-15(16)22/h2-3,5-6,8-9,11-12H,4,7,10H2,1H3,(H,23,26)(H,24,27)(H,25,28). The smallest absolute Gasteiger partial charge is 0.263 e. The van der Waals surface area contributed by atoms with Crippen molar-refractivity contribution in [2.75, 3.05) is 6.61 Å². The van der Waals surface area contributed by atoms with Crippen molar-refractivity contribution in [1.29, 1.82) is 0 Å². The summed E-state index contributed by atoms with van der Waals surface area (Å²) in [7, 11) is -3.70. The Bertz CT molecular complexity index is 1170. The van der Waals surface area contributed by atoms with E-state index in [0.717, 1.165) is 0 Å². The molecule has 9 nitrogen and oxygen atoms in total. The molecule has 1 aliphatic rings. The van der Waals surface area contributed by atoms with Crippen molar-refractivity contribution in [1.82, 2.24) is 15.6 Å². The molecule has 0 saturated heterocycles. The van der Waals surface area contributed by atoms with E-state index in [1.807, 2.05) is 0 Å². The largest absolute Gasteiger partial charge is 0.492 e. The molecule has 3 N–H and O–H groups in total. The van der Waals surface area contributed by atoms with E-state index in [9.17, 15) is 18.0 Å². The van der Waals surface area contributed by atoms with Gasteiger partial charge in [0.15, 0.2) is 0 Å². The second-order valence-corrected chi connectivity index (χ2v) is 9.31. The van der Waals surface area contributed by atoms with Crippen molar-refractivity contribution < 1.29 is 22.7 Å². The van der Waals surface area contributed by atoms with Crippen LogP contribution < -0.4 is 20.3 Å². The molecule has 0 aliphatic carbocycles. The van der Waals surface area contributed by atoms with Crippen molar-refractivity contribution in [3.8, 4) is 5.75 Å². The number of benzene rings is 2. The number of amides is 2. The number of carbonyl (C=O) groups is 2. The second-order valence-electron chi connectivity index (χ2n) is 6.82. The van der Waals surface area contributed by atoms with E-state index in [0.29, 0.717) is 27.8 Å². The van der Waals surface area contributed by atoms with Crippen LogP contribution in [0.25, 0.3) is 0 Å². The highest BCUT2D eigenvalue weighted by Crippen LogP contribution is 2.27. The van der Waals surface area contributed by atoms with Crippen LogP contribution >= 0.6 is 23.2 Å². The fourth-order valence-corrected chi connectivity index (χ4v) is 4.49. The number of amidine groups is 1. The van der Waals surface area contributed by atoms with Gasteiger partial charge in [-0.2, -0.15) is 0 Å². The summed E-state index contributed by atoms with van der Waals surface area (Å²) in [5.74, 6) is -0.482. The van der Waals surface area contributed by atoms with Crippen molar-refractivity contribution in [2.24, 2.45) is 4.99 Å². The first-order chi connectivity index (χ1) is 15.2. The van der Waals surface area contributed by atoms with Gasteiger partial charge < -0.3 is 4.74 Å². The molecule has 0 bridgehead atoms. The number of nitrogens with zero attached hydrogens (tertiary/aromatic N) is 1. The zero-order valence-electron chi connectivity index (χ0n) is 16.9.